The van der Waals surface area contributed by atoms with Crippen molar-refractivity contribution in [3.8, 4) is 0 Å². The van der Waals surface area contributed by atoms with Crippen molar-refractivity contribution in [3.63, 3.8) is 0 Å². The van der Waals surface area contributed by atoms with Gasteiger partial charge in [-0.25, -0.2) is 4.39 Å². The molecule has 0 aromatic heterocycles. The molecule has 1 aromatic carbocycles. The lowest BCUT2D eigenvalue weighted by Crippen LogP contribution is -2.44. The van der Waals surface area contributed by atoms with Gasteiger partial charge >= 0.3 is 0 Å². The Balaban J connectivity index is 2.42. The third-order valence-electron chi connectivity index (χ3n) is 2.89. The predicted molar refractivity (Wildman–Crippen MR) is 75.2 cm³/mol. The molecule has 0 radical (unpaired) electrons. The number of halogens is 1. The molecule has 0 aliphatic rings. The summed E-state index contributed by atoms with van der Waals surface area (Å²) in [5.74, 6) is -0.169. The zero-order chi connectivity index (χ0) is 13.8. The minimum Gasteiger partial charge on any atom is -0.311 e. The number of nitrogens with one attached hydrogen (secondary N) is 2. The third-order valence-corrected chi connectivity index (χ3v) is 2.89. The fraction of sp³-hybridized carbons (Fsp3) is 0.600. The van der Waals surface area contributed by atoms with Crippen molar-refractivity contribution >= 4 is 0 Å². The van der Waals surface area contributed by atoms with E-state index in [0.717, 1.165) is 17.7 Å². The first kappa shape index (κ1) is 15.1. The predicted octanol–water partition coefficient (Wildman–Crippen LogP) is 3.00. The molecule has 0 aliphatic heterocycles. The van der Waals surface area contributed by atoms with Gasteiger partial charge in [-0.2, -0.15) is 0 Å². The maximum absolute atomic E-state index is 13.1. The third kappa shape index (κ3) is 5.61. The second-order valence-electron chi connectivity index (χ2n) is 5.98. The summed E-state index contributed by atoms with van der Waals surface area (Å²) in [6.07, 6.45) is 0. The van der Waals surface area contributed by atoms with Crippen LogP contribution < -0.4 is 10.6 Å². The van der Waals surface area contributed by atoms with Gasteiger partial charge in [-0.1, -0.05) is 6.07 Å². The van der Waals surface area contributed by atoms with E-state index in [1.165, 1.54) is 6.07 Å². The van der Waals surface area contributed by atoms with Gasteiger partial charge in [-0.3, -0.25) is 0 Å². The van der Waals surface area contributed by atoms with Crippen LogP contribution in [0.4, 0.5) is 4.39 Å². The Kier molecular flexibility index (Phi) is 5.29. The zero-order valence-corrected chi connectivity index (χ0v) is 12.1. The lowest BCUT2D eigenvalue weighted by atomic mass is 10.1. The van der Waals surface area contributed by atoms with Crippen molar-refractivity contribution in [1.29, 1.82) is 0 Å². The van der Waals surface area contributed by atoms with Gasteiger partial charge in [0.25, 0.3) is 0 Å². The second kappa shape index (κ2) is 6.30. The highest BCUT2D eigenvalue weighted by atomic mass is 19.1. The zero-order valence-electron chi connectivity index (χ0n) is 12.1. The highest BCUT2D eigenvalue weighted by molar-refractivity contribution is 5.26. The molecule has 18 heavy (non-hydrogen) atoms. The van der Waals surface area contributed by atoms with Gasteiger partial charge in [0, 0.05) is 24.7 Å². The van der Waals surface area contributed by atoms with Crippen LogP contribution in [-0.2, 0) is 6.54 Å². The molecule has 0 amide bonds. The molecule has 3 heteroatoms. The molecule has 1 atom stereocenters. The van der Waals surface area contributed by atoms with E-state index in [1.807, 2.05) is 13.0 Å². The second-order valence-corrected chi connectivity index (χ2v) is 5.98. The minimum atomic E-state index is -0.169. The molecule has 1 aromatic rings. The standard InChI is InChI=1S/C15H25FN2/c1-11-6-7-14(16)8-13(11)10-17-12(2)9-18-15(3,4)5/h6-8,12,17-18H,9-10H2,1-5H3. The van der Waals surface area contributed by atoms with E-state index in [4.69, 9.17) is 0 Å². The maximum Gasteiger partial charge on any atom is 0.123 e. The van der Waals surface area contributed by atoms with E-state index in [-0.39, 0.29) is 11.4 Å². The number of aryl methyl sites for hydroxylation is 1. The molecule has 0 saturated heterocycles. The average molecular weight is 252 g/mol. The summed E-state index contributed by atoms with van der Waals surface area (Å²) in [5.41, 5.74) is 2.28. The Bertz CT molecular complexity index is 383. The van der Waals surface area contributed by atoms with Crippen LogP contribution in [0, 0.1) is 12.7 Å². The van der Waals surface area contributed by atoms with Gasteiger partial charge in [0.05, 0.1) is 0 Å². The number of rotatable bonds is 5. The summed E-state index contributed by atoms with van der Waals surface area (Å²) >= 11 is 0. The fourth-order valence-corrected chi connectivity index (χ4v) is 1.65. The fourth-order valence-electron chi connectivity index (χ4n) is 1.65. The number of hydrogen-bond acceptors (Lipinski definition) is 2. The first-order chi connectivity index (χ1) is 8.28. The summed E-state index contributed by atoms with van der Waals surface area (Å²) < 4.78 is 13.1. The Morgan fingerprint density at radius 1 is 1.28 bits per heavy atom. The lowest BCUT2D eigenvalue weighted by Gasteiger charge is -2.24. The molecule has 102 valence electrons. The van der Waals surface area contributed by atoms with E-state index < -0.39 is 0 Å². The van der Waals surface area contributed by atoms with Crippen LogP contribution >= 0.6 is 0 Å². The number of hydrogen-bond donors (Lipinski definition) is 2. The molecule has 0 bridgehead atoms. The van der Waals surface area contributed by atoms with Crippen LogP contribution in [0.25, 0.3) is 0 Å². The molecule has 0 spiro atoms. The molecular weight excluding hydrogens is 227 g/mol. The van der Waals surface area contributed by atoms with Crippen LogP contribution in [0.3, 0.4) is 0 Å². The molecule has 1 rings (SSSR count). The maximum atomic E-state index is 13.1. The smallest absolute Gasteiger partial charge is 0.123 e. The van der Waals surface area contributed by atoms with E-state index in [1.54, 1.807) is 6.07 Å². The Morgan fingerprint density at radius 2 is 1.94 bits per heavy atom. The Labute approximate surface area is 110 Å². The Morgan fingerprint density at radius 3 is 2.56 bits per heavy atom. The van der Waals surface area contributed by atoms with Crippen LogP contribution in [0.15, 0.2) is 18.2 Å². The van der Waals surface area contributed by atoms with Gasteiger partial charge in [0.2, 0.25) is 0 Å². The summed E-state index contributed by atoms with van der Waals surface area (Å²) in [6.45, 7) is 12.2. The first-order valence-corrected chi connectivity index (χ1v) is 6.51. The SMILES string of the molecule is Cc1ccc(F)cc1CNC(C)CNC(C)(C)C. The average Bonchev–Trinajstić information content (AvgIpc) is 2.26. The summed E-state index contributed by atoms with van der Waals surface area (Å²) in [7, 11) is 0. The molecule has 2 N–H and O–H groups in total. The molecular formula is C15H25FN2. The topological polar surface area (TPSA) is 24.1 Å². The van der Waals surface area contributed by atoms with Gasteiger partial charge in [-0.05, 0) is 57.9 Å². The molecule has 0 aliphatic carbocycles. The van der Waals surface area contributed by atoms with Crippen LogP contribution in [-0.4, -0.2) is 18.1 Å². The van der Waals surface area contributed by atoms with Gasteiger partial charge in [0.1, 0.15) is 5.82 Å². The lowest BCUT2D eigenvalue weighted by molar-refractivity contribution is 0.387. The minimum absolute atomic E-state index is 0.130. The van der Waals surface area contributed by atoms with Crippen molar-refractivity contribution in [2.45, 2.75) is 52.7 Å². The van der Waals surface area contributed by atoms with E-state index in [2.05, 4.69) is 38.3 Å². The van der Waals surface area contributed by atoms with Crippen molar-refractivity contribution in [3.05, 3.63) is 35.1 Å². The Hall–Kier alpha value is -0.930. The molecule has 1 unspecified atom stereocenters. The largest absolute Gasteiger partial charge is 0.311 e. The highest BCUT2D eigenvalue weighted by Crippen LogP contribution is 2.10. The first-order valence-electron chi connectivity index (χ1n) is 6.51. The molecule has 0 saturated carbocycles. The summed E-state index contributed by atoms with van der Waals surface area (Å²) in [4.78, 5) is 0. The van der Waals surface area contributed by atoms with Crippen molar-refractivity contribution in [1.82, 2.24) is 10.6 Å². The van der Waals surface area contributed by atoms with Crippen molar-refractivity contribution in [2.24, 2.45) is 0 Å². The van der Waals surface area contributed by atoms with Crippen LogP contribution in [0.5, 0.6) is 0 Å². The van der Waals surface area contributed by atoms with E-state index in [9.17, 15) is 4.39 Å². The number of benzene rings is 1. The normalized spacial score (nSPS) is 13.7. The van der Waals surface area contributed by atoms with Gasteiger partial charge in [0.15, 0.2) is 0 Å². The quantitative estimate of drug-likeness (QED) is 0.842. The van der Waals surface area contributed by atoms with Crippen LogP contribution in [0.2, 0.25) is 0 Å². The van der Waals surface area contributed by atoms with Gasteiger partial charge < -0.3 is 10.6 Å². The van der Waals surface area contributed by atoms with Crippen molar-refractivity contribution < 1.29 is 4.39 Å². The van der Waals surface area contributed by atoms with Crippen molar-refractivity contribution in [2.75, 3.05) is 6.54 Å². The van der Waals surface area contributed by atoms with E-state index >= 15 is 0 Å². The molecule has 0 fully saturated rings. The van der Waals surface area contributed by atoms with E-state index in [0.29, 0.717) is 12.6 Å². The summed E-state index contributed by atoms with van der Waals surface area (Å²) in [6, 6.07) is 5.28. The van der Waals surface area contributed by atoms with Gasteiger partial charge in [-0.15, -0.1) is 0 Å². The van der Waals surface area contributed by atoms with Crippen LogP contribution in [0.1, 0.15) is 38.8 Å². The highest BCUT2D eigenvalue weighted by Gasteiger charge is 2.11. The molecule has 0 heterocycles. The summed E-state index contributed by atoms with van der Waals surface area (Å²) in [5, 5.41) is 6.86. The monoisotopic (exact) mass is 252 g/mol. The molecule has 2 nitrogen and oxygen atoms in total.